The lowest BCUT2D eigenvalue weighted by molar-refractivity contribution is -0.0738. The number of furan rings is 1. The molecule has 2 aliphatic rings. The summed E-state index contributed by atoms with van der Waals surface area (Å²) in [5, 5.41) is 0. The van der Waals surface area contributed by atoms with Gasteiger partial charge in [0.05, 0.1) is 18.8 Å². The van der Waals surface area contributed by atoms with Crippen LogP contribution in [0.4, 0.5) is 0 Å². The minimum absolute atomic E-state index is 0.00705. The number of carbonyl (C=O) groups is 1. The van der Waals surface area contributed by atoms with Crippen molar-refractivity contribution in [3.8, 4) is 0 Å². The molecule has 104 valence electrons. The number of carbonyl (C=O) groups excluding carboxylic acids is 1. The average Bonchev–Trinajstić information content (AvgIpc) is 3.07. The van der Waals surface area contributed by atoms with Crippen LogP contribution < -0.4 is 0 Å². The predicted octanol–water partition coefficient (Wildman–Crippen LogP) is 1.69. The van der Waals surface area contributed by atoms with Crippen LogP contribution in [0.3, 0.4) is 0 Å². The molecule has 5 nitrogen and oxygen atoms in total. The lowest BCUT2D eigenvalue weighted by atomic mass is 10.0. The average molecular weight is 265 g/mol. The van der Waals surface area contributed by atoms with Gasteiger partial charge in [0.15, 0.2) is 5.76 Å². The first-order chi connectivity index (χ1) is 9.31. The number of rotatable bonds is 3. The molecule has 0 unspecified atom stereocenters. The molecule has 0 spiro atoms. The van der Waals surface area contributed by atoms with Gasteiger partial charge in [0.2, 0.25) is 0 Å². The van der Waals surface area contributed by atoms with Gasteiger partial charge in [-0.05, 0) is 31.9 Å². The summed E-state index contributed by atoms with van der Waals surface area (Å²) in [5.74, 6) is 0.328. The van der Waals surface area contributed by atoms with Crippen molar-refractivity contribution in [1.82, 2.24) is 4.90 Å². The SMILES string of the molecule is CCO[C@H]1CN(C(=O)c2ccco2)[C@@H]2CCCO[C@H]12. The molecule has 3 rings (SSSR count). The van der Waals surface area contributed by atoms with Gasteiger partial charge in [0.25, 0.3) is 5.91 Å². The first-order valence-electron chi connectivity index (χ1n) is 6.89. The number of ether oxygens (including phenoxy) is 2. The zero-order valence-corrected chi connectivity index (χ0v) is 11.1. The predicted molar refractivity (Wildman–Crippen MR) is 67.9 cm³/mol. The van der Waals surface area contributed by atoms with Crippen LogP contribution in [-0.2, 0) is 9.47 Å². The minimum atomic E-state index is -0.0623. The first kappa shape index (κ1) is 12.7. The summed E-state index contributed by atoms with van der Waals surface area (Å²) in [6.45, 7) is 3.95. The molecule has 2 aliphatic heterocycles. The van der Waals surface area contributed by atoms with Gasteiger partial charge in [-0.3, -0.25) is 4.79 Å². The normalized spacial score (nSPS) is 30.4. The van der Waals surface area contributed by atoms with Crippen LogP contribution in [0.15, 0.2) is 22.8 Å². The highest BCUT2D eigenvalue weighted by Gasteiger charge is 2.47. The van der Waals surface area contributed by atoms with Crippen LogP contribution in [0.5, 0.6) is 0 Å². The standard InChI is InChI=1S/C14H19NO4/c1-2-17-12-9-15(10-5-3-8-19-13(10)12)14(16)11-6-4-7-18-11/h4,6-7,10,12-13H,2-3,5,8-9H2,1H3/t10-,12+,13+/m1/s1. The van der Waals surface area contributed by atoms with Crippen LogP contribution >= 0.6 is 0 Å². The Bertz CT molecular complexity index is 431. The fourth-order valence-electron chi connectivity index (χ4n) is 3.05. The third-order valence-corrected chi connectivity index (χ3v) is 3.85. The van der Waals surface area contributed by atoms with Gasteiger partial charge in [-0.1, -0.05) is 0 Å². The number of hydrogen-bond acceptors (Lipinski definition) is 4. The van der Waals surface area contributed by atoms with Crippen molar-refractivity contribution in [2.75, 3.05) is 19.8 Å². The maximum atomic E-state index is 12.4. The highest BCUT2D eigenvalue weighted by atomic mass is 16.5. The smallest absolute Gasteiger partial charge is 0.289 e. The molecule has 0 aromatic carbocycles. The second kappa shape index (κ2) is 5.35. The molecule has 1 aromatic rings. The van der Waals surface area contributed by atoms with Crippen LogP contribution in [0, 0.1) is 0 Å². The minimum Gasteiger partial charge on any atom is -0.459 e. The number of nitrogens with zero attached hydrogens (tertiary/aromatic N) is 1. The quantitative estimate of drug-likeness (QED) is 0.834. The number of fused-ring (bicyclic) bond motifs is 1. The summed E-state index contributed by atoms with van der Waals surface area (Å²) in [6.07, 6.45) is 3.47. The molecule has 0 radical (unpaired) electrons. The fraction of sp³-hybridized carbons (Fsp3) is 0.643. The maximum absolute atomic E-state index is 12.4. The molecule has 0 saturated carbocycles. The van der Waals surface area contributed by atoms with Gasteiger partial charge < -0.3 is 18.8 Å². The molecular formula is C14H19NO4. The topological polar surface area (TPSA) is 51.9 Å². The van der Waals surface area contributed by atoms with Crippen molar-refractivity contribution in [3.05, 3.63) is 24.2 Å². The number of hydrogen-bond donors (Lipinski definition) is 0. The first-order valence-corrected chi connectivity index (χ1v) is 6.89. The molecule has 3 heterocycles. The molecule has 0 aliphatic carbocycles. The van der Waals surface area contributed by atoms with Crippen LogP contribution in [0.1, 0.15) is 30.3 Å². The molecule has 1 aromatic heterocycles. The third kappa shape index (κ3) is 2.28. The second-order valence-corrected chi connectivity index (χ2v) is 4.97. The molecule has 0 N–H and O–H groups in total. The van der Waals surface area contributed by atoms with E-state index >= 15 is 0 Å². The van der Waals surface area contributed by atoms with Gasteiger partial charge >= 0.3 is 0 Å². The molecule has 3 atom stereocenters. The van der Waals surface area contributed by atoms with Crippen molar-refractivity contribution in [2.45, 2.75) is 38.0 Å². The van der Waals surface area contributed by atoms with Crippen molar-refractivity contribution < 1.29 is 18.7 Å². The van der Waals surface area contributed by atoms with Gasteiger partial charge in [-0.15, -0.1) is 0 Å². The van der Waals surface area contributed by atoms with E-state index in [9.17, 15) is 4.79 Å². The van der Waals surface area contributed by atoms with Gasteiger partial charge in [-0.2, -0.15) is 0 Å². The zero-order chi connectivity index (χ0) is 13.2. The Hall–Kier alpha value is -1.33. The summed E-state index contributed by atoms with van der Waals surface area (Å²) in [5.41, 5.74) is 0. The Morgan fingerprint density at radius 2 is 2.47 bits per heavy atom. The molecule has 2 fully saturated rings. The summed E-state index contributed by atoms with van der Waals surface area (Å²) in [6, 6.07) is 3.55. The maximum Gasteiger partial charge on any atom is 0.289 e. The lowest BCUT2D eigenvalue weighted by Crippen LogP contribution is -2.43. The Morgan fingerprint density at radius 1 is 1.58 bits per heavy atom. The summed E-state index contributed by atoms with van der Waals surface area (Å²) in [4.78, 5) is 14.3. The second-order valence-electron chi connectivity index (χ2n) is 4.97. The molecule has 2 saturated heterocycles. The highest BCUT2D eigenvalue weighted by molar-refractivity contribution is 5.92. The lowest BCUT2D eigenvalue weighted by Gasteiger charge is -2.31. The van der Waals surface area contributed by atoms with E-state index in [0.717, 1.165) is 19.4 Å². The van der Waals surface area contributed by atoms with Gasteiger partial charge in [0, 0.05) is 13.2 Å². The van der Waals surface area contributed by atoms with E-state index in [0.29, 0.717) is 18.9 Å². The summed E-state index contributed by atoms with van der Waals surface area (Å²) in [7, 11) is 0. The largest absolute Gasteiger partial charge is 0.459 e. The van der Waals surface area contributed by atoms with Crippen LogP contribution in [-0.4, -0.2) is 48.8 Å². The molecular weight excluding hydrogens is 246 g/mol. The van der Waals surface area contributed by atoms with Crippen molar-refractivity contribution in [3.63, 3.8) is 0 Å². The van der Waals surface area contributed by atoms with E-state index in [1.54, 1.807) is 12.1 Å². The highest BCUT2D eigenvalue weighted by Crippen LogP contribution is 2.31. The zero-order valence-electron chi connectivity index (χ0n) is 11.1. The monoisotopic (exact) mass is 265 g/mol. The van der Waals surface area contributed by atoms with Crippen molar-refractivity contribution in [2.24, 2.45) is 0 Å². The number of likely N-dealkylation sites (tertiary alicyclic amines) is 1. The molecule has 5 heteroatoms. The van der Waals surface area contributed by atoms with Crippen molar-refractivity contribution in [1.29, 1.82) is 0 Å². The Kier molecular flexibility index (Phi) is 3.57. The molecule has 0 bridgehead atoms. The van der Waals surface area contributed by atoms with E-state index in [1.807, 2.05) is 11.8 Å². The van der Waals surface area contributed by atoms with Gasteiger partial charge in [-0.25, -0.2) is 0 Å². The third-order valence-electron chi connectivity index (χ3n) is 3.85. The van der Waals surface area contributed by atoms with E-state index in [2.05, 4.69) is 0 Å². The van der Waals surface area contributed by atoms with E-state index in [-0.39, 0.29) is 24.2 Å². The molecule has 1 amide bonds. The fourth-order valence-corrected chi connectivity index (χ4v) is 3.05. The molecule has 19 heavy (non-hydrogen) atoms. The van der Waals surface area contributed by atoms with Crippen molar-refractivity contribution >= 4 is 5.91 Å². The Labute approximate surface area is 112 Å². The Morgan fingerprint density at radius 3 is 3.21 bits per heavy atom. The van der Waals surface area contributed by atoms with E-state index in [4.69, 9.17) is 13.9 Å². The summed E-state index contributed by atoms with van der Waals surface area (Å²) < 4.78 is 16.7. The van der Waals surface area contributed by atoms with E-state index < -0.39 is 0 Å². The van der Waals surface area contributed by atoms with Crippen LogP contribution in [0.25, 0.3) is 0 Å². The van der Waals surface area contributed by atoms with E-state index in [1.165, 1.54) is 6.26 Å². The Balaban J connectivity index is 1.79. The number of amides is 1. The van der Waals surface area contributed by atoms with Crippen LogP contribution in [0.2, 0.25) is 0 Å². The summed E-state index contributed by atoms with van der Waals surface area (Å²) >= 11 is 0. The van der Waals surface area contributed by atoms with Gasteiger partial charge in [0.1, 0.15) is 12.2 Å².